The molecule has 2 aliphatic rings. The molecule has 3 aromatic rings. The summed E-state index contributed by atoms with van der Waals surface area (Å²) in [7, 11) is 0. The molecule has 5 nitrogen and oxygen atoms in total. The number of benzene rings is 2. The lowest BCUT2D eigenvalue weighted by atomic mass is 9.93. The van der Waals surface area contributed by atoms with Crippen molar-refractivity contribution < 1.29 is 9.90 Å². The minimum atomic E-state index is -0.529. The molecular formula is C22H18N2O3S. The number of ketones is 1. The van der Waals surface area contributed by atoms with Gasteiger partial charge in [-0.05, 0) is 22.8 Å². The van der Waals surface area contributed by atoms with Crippen LogP contribution in [-0.2, 0) is 5.75 Å². The van der Waals surface area contributed by atoms with Crippen molar-refractivity contribution in [2.45, 2.75) is 23.1 Å². The number of nitrogens with zero attached hydrogens (tertiary/aromatic N) is 2. The predicted octanol–water partition coefficient (Wildman–Crippen LogP) is 3.47. The van der Waals surface area contributed by atoms with Gasteiger partial charge in [-0.1, -0.05) is 42.5 Å². The highest BCUT2D eigenvalue weighted by atomic mass is 32.2. The van der Waals surface area contributed by atoms with Crippen molar-refractivity contribution in [1.82, 2.24) is 4.68 Å². The molecule has 3 heterocycles. The van der Waals surface area contributed by atoms with Crippen molar-refractivity contribution in [2.75, 3.05) is 11.6 Å². The standard InChI is InChI=1S/C22H18N2O3S/c25-17-9-11-23(24-12-10-18(26)22(27)21(17)24)20-15-6-2-1-5-14(15)13-28-19-8-4-3-7-16(19)20/h1-8,10,12,20,27H,9,11,13H2. The molecule has 2 aliphatic heterocycles. The molecule has 0 spiro atoms. The number of thioether (sulfide) groups is 1. The van der Waals surface area contributed by atoms with Gasteiger partial charge in [-0.25, -0.2) is 0 Å². The lowest BCUT2D eigenvalue weighted by Gasteiger charge is -2.40. The SMILES string of the molecule is O=C1CCN(C2c3ccccc3CSc3ccccc32)n2ccc(=O)c(O)c21. The van der Waals surface area contributed by atoms with E-state index in [4.69, 9.17) is 0 Å². The average molecular weight is 390 g/mol. The highest BCUT2D eigenvalue weighted by Crippen LogP contribution is 2.42. The van der Waals surface area contributed by atoms with E-state index >= 15 is 0 Å². The molecule has 6 heteroatoms. The first-order valence-corrected chi connectivity index (χ1v) is 10.2. The Labute approximate surface area is 166 Å². The Morgan fingerprint density at radius 3 is 2.57 bits per heavy atom. The number of carbonyl (C=O) groups is 1. The normalized spacial score (nSPS) is 18.1. The van der Waals surface area contributed by atoms with Gasteiger partial charge in [0.1, 0.15) is 0 Å². The third kappa shape index (κ3) is 2.56. The van der Waals surface area contributed by atoms with Crippen LogP contribution in [0.3, 0.4) is 0 Å². The summed E-state index contributed by atoms with van der Waals surface area (Å²) >= 11 is 1.81. The fourth-order valence-corrected chi connectivity index (χ4v) is 5.20. The van der Waals surface area contributed by atoms with Crippen LogP contribution in [0.4, 0.5) is 0 Å². The topological polar surface area (TPSA) is 62.5 Å². The summed E-state index contributed by atoms with van der Waals surface area (Å²) in [6.07, 6.45) is 1.85. The molecule has 1 N–H and O–H groups in total. The van der Waals surface area contributed by atoms with Crippen molar-refractivity contribution in [1.29, 1.82) is 0 Å². The second-order valence-corrected chi connectivity index (χ2v) is 8.00. The van der Waals surface area contributed by atoms with E-state index in [2.05, 4.69) is 29.3 Å². The maximum absolute atomic E-state index is 12.5. The zero-order chi connectivity index (χ0) is 19.3. The van der Waals surface area contributed by atoms with E-state index < -0.39 is 11.2 Å². The van der Waals surface area contributed by atoms with Crippen LogP contribution in [0.5, 0.6) is 5.75 Å². The number of hydrogen-bond acceptors (Lipinski definition) is 5. The smallest absolute Gasteiger partial charge is 0.224 e. The van der Waals surface area contributed by atoms with Crippen molar-refractivity contribution in [2.24, 2.45) is 0 Å². The van der Waals surface area contributed by atoms with Crippen LogP contribution in [0.1, 0.15) is 39.6 Å². The summed E-state index contributed by atoms with van der Waals surface area (Å²) < 4.78 is 1.66. The van der Waals surface area contributed by atoms with E-state index in [1.54, 1.807) is 22.6 Å². The largest absolute Gasteiger partial charge is 0.503 e. The Morgan fingerprint density at radius 1 is 0.964 bits per heavy atom. The maximum atomic E-state index is 12.5. The Bertz CT molecular complexity index is 1110. The summed E-state index contributed by atoms with van der Waals surface area (Å²) in [6, 6.07) is 17.8. The minimum Gasteiger partial charge on any atom is -0.503 e. The highest BCUT2D eigenvalue weighted by Gasteiger charge is 2.34. The highest BCUT2D eigenvalue weighted by molar-refractivity contribution is 7.98. The number of rotatable bonds is 1. The first-order valence-electron chi connectivity index (χ1n) is 9.19. The van der Waals surface area contributed by atoms with E-state index in [0.29, 0.717) is 6.54 Å². The lowest BCUT2D eigenvalue weighted by molar-refractivity contribution is 0.0952. The van der Waals surface area contributed by atoms with Gasteiger partial charge in [0.05, 0.1) is 6.04 Å². The zero-order valence-electron chi connectivity index (χ0n) is 15.0. The van der Waals surface area contributed by atoms with Crippen LogP contribution in [-0.4, -0.2) is 22.1 Å². The lowest BCUT2D eigenvalue weighted by Crippen LogP contribution is -2.46. The van der Waals surface area contributed by atoms with E-state index in [0.717, 1.165) is 11.3 Å². The van der Waals surface area contributed by atoms with Crippen LogP contribution in [0.15, 0.2) is 70.5 Å². The van der Waals surface area contributed by atoms with Gasteiger partial charge in [0.2, 0.25) is 5.43 Å². The summed E-state index contributed by atoms with van der Waals surface area (Å²) in [5.41, 5.74) is 3.14. The third-order valence-corrected chi connectivity index (χ3v) is 6.55. The van der Waals surface area contributed by atoms with Crippen molar-refractivity contribution in [3.8, 4) is 5.75 Å². The molecule has 2 aromatic carbocycles. The fourth-order valence-electron chi connectivity index (χ4n) is 4.10. The van der Waals surface area contributed by atoms with E-state index in [9.17, 15) is 14.7 Å². The molecule has 1 atom stereocenters. The number of hydrogen-bond donors (Lipinski definition) is 1. The van der Waals surface area contributed by atoms with Gasteiger partial charge < -0.3 is 10.1 Å². The minimum absolute atomic E-state index is 0.0746. The third-order valence-electron chi connectivity index (χ3n) is 5.41. The van der Waals surface area contributed by atoms with Gasteiger partial charge >= 0.3 is 0 Å². The Hall–Kier alpha value is -2.99. The first-order chi connectivity index (χ1) is 13.6. The molecule has 0 fully saturated rings. The van der Waals surface area contributed by atoms with Crippen LogP contribution >= 0.6 is 11.8 Å². The quantitative estimate of drug-likeness (QED) is 0.689. The molecule has 28 heavy (non-hydrogen) atoms. The number of Topliss-reactive ketones (excluding diaryl/α,β-unsaturated/α-hetero) is 1. The van der Waals surface area contributed by atoms with Crippen molar-refractivity contribution in [3.05, 3.63) is 93.4 Å². The molecule has 0 saturated heterocycles. The second kappa shape index (κ2) is 6.56. The van der Waals surface area contributed by atoms with Crippen molar-refractivity contribution in [3.63, 3.8) is 0 Å². The maximum Gasteiger partial charge on any atom is 0.224 e. The molecule has 0 radical (unpaired) electrons. The first kappa shape index (κ1) is 17.1. The molecule has 0 aliphatic carbocycles. The zero-order valence-corrected chi connectivity index (χ0v) is 15.9. The van der Waals surface area contributed by atoms with Crippen LogP contribution < -0.4 is 10.4 Å². The van der Waals surface area contributed by atoms with Crippen LogP contribution in [0.25, 0.3) is 0 Å². The van der Waals surface area contributed by atoms with Gasteiger partial charge in [0.15, 0.2) is 17.2 Å². The Kier molecular flexibility index (Phi) is 4.02. The van der Waals surface area contributed by atoms with Gasteiger partial charge in [0, 0.05) is 35.9 Å². The summed E-state index contributed by atoms with van der Waals surface area (Å²) in [6.45, 7) is 0.506. The molecule has 5 rings (SSSR count). The van der Waals surface area contributed by atoms with E-state index in [1.807, 2.05) is 24.3 Å². The van der Waals surface area contributed by atoms with Gasteiger partial charge in [0.25, 0.3) is 0 Å². The number of aromatic nitrogens is 1. The molecule has 0 saturated carbocycles. The van der Waals surface area contributed by atoms with Gasteiger partial charge in [-0.2, -0.15) is 0 Å². The Morgan fingerprint density at radius 2 is 1.71 bits per heavy atom. The number of carbonyl (C=O) groups excluding carboxylic acids is 1. The molecule has 1 aromatic heterocycles. The summed E-state index contributed by atoms with van der Waals surface area (Å²) in [5, 5.41) is 12.4. The monoisotopic (exact) mass is 390 g/mol. The number of aromatic hydroxyl groups is 1. The van der Waals surface area contributed by atoms with Crippen LogP contribution in [0, 0.1) is 0 Å². The number of pyridine rings is 1. The molecule has 0 bridgehead atoms. The average Bonchev–Trinajstić information content (AvgIpc) is 2.88. The molecule has 0 amide bonds. The van der Waals surface area contributed by atoms with Gasteiger partial charge in [-0.3, -0.25) is 14.3 Å². The van der Waals surface area contributed by atoms with Crippen LogP contribution in [0.2, 0.25) is 0 Å². The fraction of sp³-hybridized carbons (Fsp3) is 0.182. The molecule has 1 unspecified atom stereocenters. The summed E-state index contributed by atoms with van der Waals surface area (Å²) in [4.78, 5) is 25.6. The second-order valence-electron chi connectivity index (χ2n) is 6.99. The van der Waals surface area contributed by atoms with E-state index in [-0.39, 0.29) is 23.9 Å². The van der Waals surface area contributed by atoms with Crippen molar-refractivity contribution >= 4 is 17.5 Å². The van der Waals surface area contributed by atoms with E-state index in [1.165, 1.54) is 22.1 Å². The molecule has 140 valence electrons. The van der Waals surface area contributed by atoms with Gasteiger partial charge in [-0.15, -0.1) is 11.8 Å². The molecular weight excluding hydrogens is 372 g/mol. The number of fused-ring (bicyclic) bond motifs is 3. The predicted molar refractivity (Wildman–Crippen MR) is 109 cm³/mol. The Balaban J connectivity index is 1.77. The summed E-state index contributed by atoms with van der Waals surface area (Å²) in [5.74, 6) is 0.191.